The highest BCUT2D eigenvalue weighted by Crippen LogP contribution is 2.45. The summed E-state index contributed by atoms with van der Waals surface area (Å²) < 4.78 is 68.2. The van der Waals surface area contributed by atoms with Gasteiger partial charge in [0.15, 0.2) is 12.2 Å². The van der Waals surface area contributed by atoms with Crippen LogP contribution in [0.3, 0.4) is 0 Å². The zero-order chi connectivity index (χ0) is 66.1. The Kier molecular flexibility index (Phi) is 58.5. The number of aliphatic hydroxyl groups excluding tert-OH is 1. The molecule has 0 aliphatic carbocycles. The average molecular weight is 1310 g/mol. The third-order valence-electron chi connectivity index (χ3n) is 16.4. The Morgan fingerprint density at radius 2 is 0.539 bits per heavy atom. The number of esters is 4. The summed E-state index contributed by atoms with van der Waals surface area (Å²) in [4.78, 5) is 72.5. The predicted octanol–water partition coefficient (Wildman–Crippen LogP) is 19.7. The number of phosphoric acid groups is 2. The molecule has 0 saturated heterocycles. The molecule has 0 spiro atoms. The normalized spacial score (nSPS) is 14.6. The second-order valence-electron chi connectivity index (χ2n) is 26.9. The molecule has 89 heavy (non-hydrogen) atoms. The van der Waals surface area contributed by atoms with Crippen LogP contribution in [0.15, 0.2) is 0 Å². The first-order chi connectivity index (χ1) is 42.6. The van der Waals surface area contributed by atoms with E-state index >= 15 is 0 Å². The van der Waals surface area contributed by atoms with Gasteiger partial charge in [-0.1, -0.05) is 293 Å². The van der Waals surface area contributed by atoms with E-state index < -0.39 is 97.5 Å². The van der Waals surface area contributed by atoms with Crippen LogP contribution in [0.2, 0.25) is 0 Å². The smallest absolute Gasteiger partial charge is 0.462 e. The summed E-state index contributed by atoms with van der Waals surface area (Å²) >= 11 is 0. The Hall–Kier alpha value is -1.94. The van der Waals surface area contributed by atoms with Gasteiger partial charge in [0.2, 0.25) is 0 Å². The maximum Gasteiger partial charge on any atom is 0.472 e. The highest BCUT2D eigenvalue weighted by atomic mass is 31.2. The molecule has 0 amide bonds. The quantitative estimate of drug-likeness (QED) is 0.0222. The van der Waals surface area contributed by atoms with E-state index in [4.69, 9.17) is 37.0 Å². The molecule has 0 aliphatic rings. The van der Waals surface area contributed by atoms with Gasteiger partial charge < -0.3 is 33.8 Å². The van der Waals surface area contributed by atoms with Gasteiger partial charge in [-0.15, -0.1) is 0 Å². The minimum atomic E-state index is -4.95. The van der Waals surface area contributed by atoms with Crippen molar-refractivity contribution in [3.05, 3.63) is 0 Å². The summed E-state index contributed by atoms with van der Waals surface area (Å²) in [5.41, 5.74) is 0. The Balaban J connectivity index is 5.25. The number of carbonyl (C=O) groups excluding carboxylic acids is 4. The molecule has 0 radical (unpaired) electrons. The van der Waals surface area contributed by atoms with Crippen LogP contribution in [0.25, 0.3) is 0 Å². The summed E-state index contributed by atoms with van der Waals surface area (Å²) in [5, 5.41) is 10.6. The van der Waals surface area contributed by atoms with Crippen molar-refractivity contribution in [2.75, 3.05) is 39.6 Å². The molecule has 17 nitrogen and oxygen atoms in total. The van der Waals surface area contributed by atoms with Crippen LogP contribution in [0.1, 0.15) is 344 Å². The number of hydrogen-bond donors (Lipinski definition) is 3. The monoisotopic (exact) mass is 1310 g/mol. The molecule has 0 saturated carbocycles. The van der Waals surface area contributed by atoms with Gasteiger partial charge in [-0.3, -0.25) is 37.3 Å². The first-order valence-corrected chi connectivity index (χ1v) is 39.2. The number of rotatable bonds is 67. The summed E-state index contributed by atoms with van der Waals surface area (Å²) in [7, 11) is -9.90. The summed E-state index contributed by atoms with van der Waals surface area (Å²) in [6.45, 7) is 14.1. The minimum absolute atomic E-state index is 0.103. The number of aliphatic hydroxyl groups is 1. The van der Waals surface area contributed by atoms with Crippen LogP contribution in [0.5, 0.6) is 0 Å². The molecular formula is C70H136O17P2. The number of ether oxygens (including phenoxy) is 4. The summed E-state index contributed by atoms with van der Waals surface area (Å²) in [6, 6.07) is 0. The van der Waals surface area contributed by atoms with E-state index in [0.29, 0.717) is 31.6 Å². The van der Waals surface area contributed by atoms with Gasteiger partial charge in [0.25, 0.3) is 0 Å². The van der Waals surface area contributed by atoms with Gasteiger partial charge in [-0.2, -0.15) is 0 Å². The van der Waals surface area contributed by atoms with E-state index in [1.807, 2.05) is 0 Å². The first-order valence-electron chi connectivity index (χ1n) is 36.2. The molecule has 0 fully saturated rings. The Labute approximate surface area is 543 Å². The second kappa shape index (κ2) is 59.8. The molecule has 0 aromatic carbocycles. The molecular weight excluding hydrogens is 1170 g/mol. The van der Waals surface area contributed by atoms with Crippen molar-refractivity contribution in [1.82, 2.24) is 0 Å². The standard InChI is InChI=1S/C70H136O17P2/c1-9-63(8)49-41-33-24-17-14-15-19-26-36-44-52-69(74)86-65(56-80-67(72)50-42-34-25-18-13-11-10-12-16-22-30-38-46-60(2)3)58-84-88(76,77)82-54-64(71)55-83-89(78,79)85-59-66(57-81-68(73)51-43-35-29-28-32-40-48-62(6)7)87-70(75)53-45-37-27-21-20-23-31-39-47-61(4)5/h60-66,71H,9-59H2,1-8H3,(H,76,77)(H,78,79)/t63?,64-,65-,66-/m1/s1. The molecule has 528 valence electrons. The van der Waals surface area contributed by atoms with Crippen LogP contribution < -0.4 is 0 Å². The van der Waals surface area contributed by atoms with E-state index in [1.54, 1.807) is 0 Å². The van der Waals surface area contributed by atoms with Gasteiger partial charge in [0.05, 0.1) is 26.4 Å². The van der Waals surface area contributed by atoms with E-state index in [2.05, 4.69) is 55.4 Å². The summed E-state index contributed by atoms with van der Waals surface area (Å²) in [5.74, 6) is 0.850. The third kappa shape index (κ3) is 63.2. The molecule has 3 unspecified atom stereocenters. The fraction of sp³-hybridized carbons (Fsp3) is 0.943. The lowest BCUT2D eigenvalue weighted by molar-refractivity contribution is -0.161. The number of unbranched alkanes of at least 4 members (excludes halogenated alkanes) is 32. The van der Waals surface area contributed by atoms with Crippen molar-refractivity contribution < 1.29 is 80.2 Å². The Bertz CT molecular complexity index is 1770. The van der Waals surface area contributed by atoms with Gasteiger partial charge in [-0.05, 0) is 49.4 Å². The zero-order valence-corrected chi connectivity index (χ0v) is 59.8. The lowest BCUT2D eigenvalue weighted by Crippen LogP contribution is -2.30. The van der Waals surface area contributed by atoms with Crippen molar-refractivity contribution in [2.45, 2.75) is 363 Å². The molecule has 0 aliphatic heterocycles. The van der Waals surface area contributed by atoms with E-state index in [1.165, 1.54) is 141 Å². The van der Waals surface area contributed by atoms with Crippen LogP contribution in [0.4, 0.5) is 0 Å². The predicted molar refractivity (Wildman–Crippen MR) is 358 cm³/mol. The van der Waals surface area contributed by atoms with Crippen molar-refractivity contribution in [3.8, 4) is 0 Å². The fourth-order valence-electron chi connectivity index (χ4n) is 10.5. The topological polar surface area (TPSA) is 237 Å². The van der Waals surface area contributed by atoms with Crippen molar-refractivity contribution in [3.63, 3.8) is 0 Å². The van der Waals surface area contributed by atoms with Crippen LogP contribution in [0, 0.1) is 23.7 Å². The molecule has 6 atom stereocenters. The minimum Gasteiger partial charge on any atom is -0.462 e. The van der Waals surface area contributed by atoms with Crippen molar-refractivity contribution >= 4 is 39.5 Å². The van der Waals surface area contributed by atoms with Crippen molar-refractivity contribution in [1.29, 1.82) is 0 Å². The molecule has 0 aromatic heterocycles. The van der Waals surface area contributed by atoms with Gasteiger partial charge in [0.1, 0.15) is 19.3 Å². The fourth-order valence-corrected chi connectivity index (χ4v) is 12.0. The number of phosphoric ester groups is 2. The van der Waals surface area contributed by atoms with E-state index in [9.17, 15) is 43.2 Å². The Morgan fingerprint density at radius 1 is 0.315 bits per heavy atom. The molecule has 3 N–H and O–H groups in total. The SMILES string of the molecule is CCC(C)CCCCCCCCCCCCC(=O)O[C@H](COC(=O)CCCCCCCCCCCCCCC(C)C)COP(=O)(O)OC[C@@H](O)COP(=O)(O)OC[C@@H](COC(=O)CCCCCCCCC(C)C)OC(=O)CCCCCCCCCCC(C)C. The molecule has 0 rings (SSSR count). The summed E-state index contributed by atoms with van der Waals surface area (Å²) in [6.07, 6.45) is 41.8. The largest absolute Gasteiger partial charge is 0.472 e. The van der Waals surface area contributed by atoms with Crippen LogP contribution in [-0.4, -0.2) is 96.7 Å². The highest BCUT2D eigenvalue weighted by Gasteiger charge is 2.30. The molecule has 19 heteroatoms. The van der Waals surface area contributed by atoms with E-state index in [0.717, 1.165) is 114 Å². The van der Waals surface area contributed by atoms with E-state index in [-0.39, 0.29) is 25.7 Å². The average Bonchev–Trinajstić information content (AvgIpc) is 3.68. The second-order valence-corrected chi connectivity index (χ2v) is 29.8. The number of hydrogen-bond acceptors (Lipinski definition) is 15. The molecule has 0 bridgehead atoms. The Morgan fingerprint density at radius 3 is 0.798 bits per heavy atom. The maximum absolute atomic E-state index is 13.0. The van der Waals surface area contributed by atoms with Crippen molar-refractivity contribution in [2.24, 2.45) is 23.7 Å². The first kappa shape index (κ1) is 87.1. The third-order valence-corrected chi connectivity index (χ3v) is 18.3. The van der Waals surface area contributed by atoms with Gasteiger partial charge in [0, 0.05) is 25.7 Å². The molecule has 0 heterocycles. The lowest BCUT2D eigenvalue weighted by Gasteiger charge is -2.21. The van der Waals surface area contributed by atoms with Gasteiger partial charge in [-0.25, -0.2) is 9.13 Å². The van der Waals surface area contributed by atoms with Gasteiger partial charge >= 0.3 is 39.5 Å². The van der Waals surface area contributed by atoms with Crippen LogP contribution >= 0.6 is 15.6 Å². The zero-order valence-electron chi connectivity index (χ0n) is 58.1. The van der Waals surface area contributed by atoms with Crippen LogP contribution in [-0.2, 0) is 65.4 Å². The maximum atomic E-state index is 13.0. The lowest BCUT2D eigenvalue weighted by atomic mass is 9.99. The number of carbonyl (C=O) groups is 4. The highest BCUT2D eigenvalue weighted by molar-refractivity contribution is 7.47. The molecule has 0 aromatic rings.